The third-order valence-electron chi connectivity index (χ3n) is 3.77. The lowest BCUT2D eigenvalue weighted by atomic mass is 10.2. The van der Waals surface area contributed by atoms with Gasteiger partial charge >= 0.3 is 0 Å². The second-order valence-corrected chi connectivity index (χ2v) is 6.82. The van der Waals surface area contributed by atoms with Gasteiger partial charge in [-0.1, -0.05) is 49.4 Å². The van der Waals surface area contributed by atoms with E-state index < -0.39 is 0 Å². The highest BCUT2D eigenvalue weighted by molar-refractivity contribution is 6.35. The van der Waals surface area contributed by atoms with Gasteiger partial charge in [0.1, 0.15) is 5.75 Å². The Morgan fingerprint density at radius 2 is 1.44 bits per heavy atom. The van der Waals surface area contributed by atoms with Crippen LogP contribution in [-0.2, 0) is 0 Å². The number of rotatable bonds is 11. The van der Waals surface area contributed by atoms with Gasteiger partial charge in [0.2, 0.25) is 0 Å². The Hall–Kier alpha value is -1.58. The number of nitrogens with one attached hydrogen (secondary N) is 2. The Kier molecular flexibility index (Phi) is 8.78. The minimum atomic E-state index is 0.633. The van der Waals surface area contributed by atoms with Gasteiger partial charge in [-0.05, 0) is 48.9 Å². The SMILES string of the molecule is CCCCCCOc1ccc(NCCNc2cc(Cl)cc(Cl)c2)cc1. The Morgan fingerprint density at radius 3 is 2.08 bits per heavy atom. The zero-order valence-corrected chi connectivity index (χ0v) is 16.2. The molecule has 5 heteroatoms. The lowest BCUT2D eigenvalue weighted by Gasteiger charge is -2.11. The fraction of sp³-hybridized carbons (Fsp3) is 0.400. The van der Waals surface area contributed by atoms with Crippen molar-refractivity contribution >= 4 is 34.6 Å². The molecule has 0 aliphatic carbocycles. The summed E-state index contributed by atoms with van der Waals surface area (Å²) in [6, 6.07) is 13.5. The van der Waals surface area contributed by atoms with Crippen LogP contribution in [0.1, 0.15) is 32.6 Å². The maximum atomic E-state index is 5.98. The molecule has 136 valence electrons. The Labute approximate surface area is 160 Å². The van der Waals surface area contributed by atoms with E-state index in [4.69, 9.17) is 27.9 Å². The summed E-state index contributed by atoms with van der Waals surface area (Å²) in [5, 5.41) is 7.93. The van der Waals surface area contributed by atoms with Crippen molar-refractivity contribution in [3.8, 4) is 5.75 Å². The summed E-state index contributed by atoms with van der Waals surface area (Å²) in [4.78, 5) is 0. The predicted molar refractivity (Wildman–Crippen MR) is 110 cm³/mol. The van der Waals surface area contributed by atoms with Crippen molar-refractivity contribution in [3.05, 3.63) is 52.5 Å². The van der Waals surface area contributed by atoms with E-state index in [2.05, 4.69) is 17.6 Å². The molecule has 0 aromatic heterocycles. The average Bonchev–Trinajstić information content (AvgIpc) is 2.59. The summed E-state index contributed by atoms with van der Waals surface area (Å²) in [5.41, 5.74) is 2.00. The molecule has 0 bridgehead atoms. The molecule has 2 rings (SSSR count). The third-order valence-corrected chi connectivity index (χ3v) is 4.20. The van der Waals surface area contributed by atoms with E-state index in [1.54, 1.807) is 6.07 Å². The van der Waals surface area contributed by atoms with E-state index in [-0.39, 0.29) is 0 Å². The van der Waals surface area contributed by atoms with Crippen molar-refractivity contribution in [2.75, 3.05) is 30.3 Å². The highest BCUT2D eigenvalue weighted by atomic mass is 35.5. The van der Waals surface area contributed by atoms with Crippen LogP contribution in [0.2, 0.25) is 10.0 Å². The van der Waals surface area contributed by atoms with E-state index in [0.29, 0.717) is 10.0 Å². The second-order valence-electron chi connectivity index (χ2n) is 5.95. The molecule has 0 amide bonds. The van der Waals surface area contributed by atoms with E-state index in [1.165, 1.54) is 19.3 Å². The smallest absolute Gasteiger partial charge is 0.119 e. The Bertz CT molecular complexity index is 612. The fourth-order valence-electron chi connectivity index (χ4n) is 2.46. The highest BCUT2D eigenvalue weighted by Crippen LogP contribution is 2.22. The van der Waals surface area contributed by atoms with Crippen LogP contribution in [-0.4, -0.2) is 19.7 Å². The number of anilines is 2. The lowest BCUT2D eigenvalue weighted by molar-refractivity contribution is 0.305. The first-order valence-corrected chi connectivity index (χ1v) is 9.59. The van der Waals surface area contributed by atoms with Gasteiger partial charge in [0, 0.05) is 34.5 Å². The Morgan fingerprint density at radius 1 is 0.800 bits per heavy atom. The van der Waals surface area contributed by atoms with Crippen LogP contribution in [0, 0.1) is 0 Å². The van der Waals surface area contributed by atoms with Gasteiger partial charge in [0.25, 0.3) is 0 Å². The molecular weight excluding hydrogens is 355 g/mol. The fourth-order valence-corrected chi connectivity index (χ4v) is 2.98. The molecule has 0 saturated carbocycles. The third kappa shape index (κ3) is 7.89. The van der Waals surface area contributed by atoms with Gasteiger partial charge in [-0.15, -0.1) is 0 Å². The maximum Gasteiger partial charge on any atom is 0.119 e. The lowest BCUT2D eigenvalue weighted by Crippen LogP contribution is -2.13. The van der Waals surface area contributed by atoms with Crippen molar-refractivity contribution in [1.82, 2.24) is 0 Å². The average molecular weight is 381 g/mol. The first kappa shape index (κ1) is 19.7. The first-order valence-electron chi connectivity index (χ1n) is 8.84. The largest absolute Gasteiger partial charge is 0.494 e. The van der Waals surface area contributed by atoms with Crippen LogP contribution in [0.3, 0.4) is 0 Å². The second kappa shape index (κ2) is 11.1. The van der Waals surface area contributed by atoms with Gasteiger partial charge in [0.15, 0.2) is 0 Å². The molecule has 25 heavy (non-hydrogen) atoms. The summed E-state index contributed by atoms with van der Waals surface area (Å²) in [6.45, 7) is 4.57. The molecule has 0 atom stereocenters. The van der Waals surface area contributed by atoms with E-state index in [0.717, 1.165) is 43.2 Å². The van der Waals surface area contributed by atoms with Gasteiger partial charge in [0.05, 0.1) is 6.61 Å². The number of hydrogen-bond acceptors (Lipinski definition) is 3. The molecule has 0 radical (unpaired) electrons. The van der Waals surface area contributed by atoms with Gasteiger partial charge in [-0.2, -0.15) is 0 Å². The summed E-state index contributed by atoms with van der Waals surface area (Å²) < 4.78 is 5.75. The summed E-state index contributed by atoms with van der Waals surface area (Å²) in [7, 11) is 0. The molecule has 2 N–H and O–H groups in total. The summed E-state index contributed by atoms with van der Waals surface area (Å²) in [6.07, 6.45) is 4.88. The molecule has 0 heterocycles. The maximum absolute atomic E-state index is 5.98. The minimum Gasteiger partial charge on any atom is -0.494 e. The predicted octanol–water partition coefficient (Wildman–Crippen LogP) is 6.48. The van der Waals surface area contributed by atoms with E-state index in [1.807, 2.05) is 36.4 Å². The number of halogens is 2. The van der Waals surface area contributed by atoms with Crippen molar-refractivity contribution in [3.63, 3.8) is 0 Å². The molecule has 3 nitrogen and oxygen atoms in total. The molecule has 0 aliphatic heterocycles. The monoisotopic (exact) mass is 380 g/mol. The zero-order chi connectivity index (χ0) is 17.9. The minimum absolute atomic E-state index is 0.633. The molecular formula is C20H26Cl2N2O. The van der Waals surface area contributed by atoms with Gasteiger partial charge < -0.3 is 15.4 Å². The number of benzene rings is 2. The summed E-state index contributed by atoms with van der Waals surface area (Å²) in [5.74, 6) is 0.925. The highest BCUT2D eigenvalue weighted by Gasteiger charge is 1.99. The molecule has 0 spiro atoms. The number of unbranched alkanes of at least 4 members (excludes halogenated alkanes) is 3. The molecule has 0 aliphatic rings. The van der Waals surface area contributed by atoms with Crippen LogP contribution >= 0.6 is 23.2 Å². The van der Waals surface area contributed by atoms with Gasteiger partial charge in [-0.3, -0.25) is 0 Å². The molecule has 2 aromatic carbocycles. The van der Waals surface area contributed by atoms with E-state index in [9.17, 15) is 0 Å². The zero-order valence-electron chi connectivity index (χ0n) is 14.7. The van der Waals surface area contributed by atoms with Crippen LogP contribution in [0.4, 0.5) is 11.4 Å². The Balaban J connectivity index is 1.65. The molecule has 0 fully saturated rings. The molecule has 0 saturated heterocycles. The van der Waals surface area contributed by atoms with Gasteiger partial charge in [-0.25, -0.2) is 0 Å². The first-order chi connectivity index (χ1) is 12.2. The van der Waals surface area contributed by atoms with Crippen molar-refractivity contribution in [1.29, 1.82) is 0 Å². The number of hydrogen-bond donors (Lipinski definition) is 2. The van der Waals surface area contributed by atoms with Crippen LogP contribution in [0.15, 0.2) is 42.5 Å². The normalized spacial score (nSPS) is 10.5. The van der Waals surface area contributed by atoms with Crippen LogP contribution in [0.5, 0.6) is 5.75 Å². The van der Waals surface area contributed by atoms with Crippen molar-refractivity contribution < 1.29 is 4.74 Å². The summed E-state index contributed by atoms with van der Waals surface area (Å²) >= 11 is 12.0. The molecule has 0 unspecified atom stereocenters. The van der Waals surface area contributed by atoms with Crippen molar-refractivity contribution in [2.24, 2.45) is 0 Å². The quantitative estimate of drug-likeness (QED) is 0.437. The number of ether oxygens (including phenoxy) is 1. The van der Waals surface area contributed by atoms with E-state index >= 15 is 0 Å². The van der Waals surface area contributed by atoms with Crippen LogP contribution < -0.4 is 15.4 Å². The topological polar surface area (TPSA) is 33.3 Å². The standard InChI is InChI=1S/C20H26Cl2N2O/c1-2-3-4-5-12-25-20-8-6-18(7-9-20)23-10-11-24-19-14-16(21)13-17(22)15-19/h6-9,13-15,23-24H,2-5,10-12H2,1H3. The molecule has 2 aromatic rings. The van der Waals surface area contributed by atoms with Crippen LogP contribution in [0.25, 0.3) is 0 Å². The van der Waals surface area contributed by atoms with Crippen molar-refractivity contribution in [2.45, 2.75) is 32.6 Å².